The average molecular weight is 227 g/mol. The fraction of sp³-hybridized carbons (Fsp3) is 0.0769. The Morgan fingerprint density at radius 3 is 2.59 bits per heavy atom. The van der Waals surface area contributed by atoms with Crippen LogP contribution in [0.2, 0.25) is 0 Å². The minimum Gasteiger partial charge on any atom is -0.398 e. The van der Waals surface area contributed by atoms with Crippen molar-refractivity contribution in [3.63, 3.8) is 0 Å². The first-order chi connectivity index (χ1) is 8.27. The molecule has 1 aromatic heterocycles. The largest absolute Gasteiger partial charge is 0.398 e. The van der Waals surface area contributed by atoms with Crippen LogP contribution in [-0.4, -0.2) is 10.9 Å². The summed E-state index contributed by atoms with van der Waals surface area (Å²) in [7, 11) is 0. The van der Waals surface area contributed by atoms with Crippen LogP contribution in [0.25, 0.3) is 0 Å². The van der Waals surface area contributed by atoms with Crippen LogP contribution in [-0.2, 0) is 6.54 Å². The van der Waals surface area contributed by atoms with Gasteiger partial charge in [-0.3, -0.25) is 9.78 Å². The summed E-state index contributed by atoms with van der Waals surface area (Å²) in [5.41, 5.74) is 7.71. The van der Waals surface area contributed by atoms with E-state index in [1.165, 1.54) is 0 Å². The molecule has 0 radical (unpaired) electrons. The molecule has 0 spiro atoms. The third-order valence-electron chi connectivity index (χ3n) is 2.41. The highest BCUT2D eigenvalue weighted by Crippen LogP contribution is 2.10. The van der Waals surface area contributed by atoms with Crippen LogP contribution in [0, 0.1) is 0 Å². The second-order valence-electron chi connectivity index (χ2n) is 3.63. The molecule has 2 rings (SSSR count). The second-order valence-corrected chi connectivity index (χ2v) is 3.63. The normalized spacial score (nSPS) is 9.88. The lowest BCUT2D eigenvalue weighted by Gasteiger charge is -2.07. The van der Waals surface area contributed by atoms with E-state index in [4.69, 9.17) is 5.73 Å². The van der Waals surface area contributed by atoms with E-state index in [2.05, 4.69) is 10.3 Å². The first kappa shape index (κ1) is 11.1. The Kier molecular flexibility index (Phi) is 3.35. The van der Waals surface area contributed by atoms with E-state index in [9.17, 15) is 4.79 Å². The van der Waals surface area contributed by atoms with Gasteiger partial charge in [0.05, 0.1) is 5.56 Å². The van der Waals surface area contributed by atoms with Gasteiger partial charge in [0.25, 0.3) is 5.91 Å². The fourth-order valence-electron chi connectivity index (χ4n) is 1.48. The minimum absolute atomic E-state index is 0.167. The van der Waals surface area contributed by atoms with Gasteiger partial charge in [-0.15, -0.1) is 0 Å². The molecule has 0 saturated heterocycles. The Morgan fingerprint density at radius 2 is 1.88 bits per heavy atom. The molecule has 4 nitrogen and oxygen atoms in total. The number of hydrogen-bond acceptors (Lipinski definition) is 3. The van der Waals surface area contributed by atoms with Gasteiger partial charge in [0.1, 0.15) is 0 Å². The van der Waals surface area contributed by atoms with E-state index in [0.717, 1.165) is 5.56 Å². The van der Waals surface area contributed by atoms with Crippen molar-refractivity contribution in [2.24, 2.45) is 0 Å². The van der Waals surface area contributed by atoms with E-state index >= 15 is 0 Å². The minimum atomic E-state index is -0.167. The van der Waals surface area contributed by atoms with Gasteiger partial charge >= 0.3 is 0 Å². The highest BCUT2D eigenvalue weighted by molar-refractivity contribution is 5.98. The Hall–Kier alpha value is -2.36. The molecule has 3 N–H and O–H groups in total. The number of aromatic nitrogens is 1. The number of hydrogen-bond donors (Lipinski definition) is 2. The maximum absolute atomic E-state index is 11.8. The number of nitrogens with zero attached hydrogens (tertiary/aromatic N) is 1. The topological polar surface area (TPSA) is 68.0 Å². The number of nitrogens with two attached hydrogens (primary N) is 1. The van der Waals surface area contributed by atoms with Crippen LogP contribution in [0.15, 0.2) is 48.8 Å². The van der Waals surface area contributed by atoms with Crippen molar-refractivity contribution in [2.75, 3.05) is 5.73 Å². The molecule has 86 valence electrons. The first-order valence-corrected chi connectivity index (χ1v) is 5.29. The maximum atomic E-state index is 11.8. The van der Waals surface area contributed by atoms with E-state index in [1.54, 1.807) is 36.7 Å². The van der Waals surface area contributed by atoms with Crippen LogP contribution < -0.4 is 11.1 Å². The molecule has 0 aliphatic carbocycles. The third-order valence-corrected chi connectivity index (χ3v) is 2.41. The van der Waals surface area contributed by atoms with Gasteiger partial charge in [-0.25, -0.2) is 0 Å². The number of nitrogen functional groups attached to an aromatic ring is 1. The maximum Gasteiger partial charge on any atom is 0.253 e. The van der Waals surface area contributed by atoms with Crippen molar-refractivity contribution in [2.45, 2.75) is 6.54 Å². The van der Waals surface area contributed by atoms with Gasteiger partial charge in [0.15, 0.2) is 0 Å². The van der Waals surface area contributed by atoms with E-state index in [-0.39, 0.29) is 5.91 Å². The highest BCUT2D eigenvalue weighted by atomic mass is 16.1. The summed E-state index contributed by atoms with van der Waals surface area (Å²) >= 11 is 0. The molecular formula is C13H13N3O. The number of pyridine rings is 1. The standard InChI is InChI=1S/C13H13N3O/c14-12-4-2-1-3-11(12)13(17)16-9-10-5-7-15-8-6-10/h1-8H,9,14H2,(H,16,17). The lowest BCUT2D eigenvalue weighted by molar-refractivity contribution is 0.0952. The van der Waals surface area contributed by atoms with Crippen LogP contribution in [0.5, 0.6) is 0 Å². The molecule has 1 aromatic carbocycles. The van der Waals surface area contributed by atoms with E-state index in [0.29, 0.717) is 17.8 Å². The number of carbonyl (C=O) groups is 1. The first-order valence-electron chi connectivity index (χ1n) is 5.29. The number of para-hydroxylation sites is 1. The summed E-state index contributed by atoms with van der Waals surface area (Å²) < 4.78 is 0. The van der Waals surface area contributed by atoms with Crippen molar-refractivity contribution >= 4 is 11.6 Å². The molecule has 0 aliphatic heterocycles. The fourth-order valence-corrected chi connectivity index (χ4v) is 1.48. The van der Waals surface area contributed by atoms with Crippen molar-refractivity contribution in [3.8, 4) is 0 Å². The molecule has 1 heterocycles. The zero-order valence-electron chi connectivity index (χ0n) is 9.26. The van der Waals surface area contributed by atoms with Crippen molar-refractivity contribution < 1.29 is 4.79 Å². The summed E-state index contributed by atoms with van der Waals surface area (Å²) in [6.07, 6.45) is 3.39. The Bertz CT molecular complexity index is 511. The quantitative estimate of drug-likeness (QED) is 0.782. The van der Waals surface area contributed by atoms with Crippen LogP contribution in [0.4, 0.5) is 5.69 Å². The lowest BCUT2D eigenvalue weighted by atomic mass is 10.1. The number of anilines is 1. The number of amides is 1. The molecule has 2 aromatic rings. The predicted octanol–water partition coefficient (Wildman–Crippen LogP) is 1.59. The molecule has 1 amide bonds. The molecule has 4 heteroatoms. The van der Waals surface area contributed by atoms with Crippen LogP contribution in [0.1, 0.15) is 15.9 Å². The Balaban J connectivity index is 2.01. The number of nitrogens with one attached hydrogen (secondary N) is 1. The summed E-state index contributed by atoms with van der Waals surface area (Å²) in [5, 5.41) is 2.81. The van der Waals surface area contributed by atoms with E-state index in [1.807, 2.05) is 12.1 Å². The monoisotopic (exact) mass is 227 g/mol. The smallest absolute Gasteiger partial charge is 0.253 e. The summed E-state index contributed by atoms with van der Waals surface area (Å²) in [4.78, 5) is 15.7. The predicted molar refractivity (Wildman–Crippen MR) is 66.3 cm³/mol. The zero-order chi connectivity index (χ0) is 12.1. The molecule has 0 aliphatic rings. The van der Waals surface area contributed by atoms with Gasteiger partial charge < -0.3 is 11.1 Å². The number of benzene rings is 1. The zero-order valence-corrected chi connectivity index (χ0v) is 9.26. The highest BCUT2D eigenvalue weighted by Gasteiger charge is 2.07. The lowest BCUT2D eigenvalue weighted by Crippen LogP contribution is -2.23. The SMILES string of the molecule is Nc1ccccc1C(=O)NCc1ccncc1. The number of carbonyl (C=O) groups excluding carboxylic acids is 1. The molecule has 0 fully saturated rings. The van der Waals surface area contributed by atoms with E-state index < -0.39 is 0 Å². The molecule has 0 atom stereocenters. The molecule has 17 heavy (non-hydrogen) atoms. The van der Waals surface area contributed by atoms with Gasteiger partial charge in [0, 0.05) is 24.6 Å². The third kappa shape index (κ3) is 2.81. The van der Waals surface area contributed by atoms with Crippen molar-refractivity contribution in [1.82, 2.24) is 10.3 Å². The molecule has 0 saturated carbocycles. The summed E-state index contributed by atoms with van der Waals surface area (Å²) in [6, 6.07) is 10.7. The molecule has 0 bridgehead atoms. The summed E-state index contributed by atoms with van der Waals surface area (Å²) in [6.45, 7) is 0.468. The van der Waals surface area contributed by atoms with Gasteiger partial charge in [0.2, 0.25) is 0 Å². The molecular weight excluding hydrogens is 214 g/mol. The second kappa shape index (κ2) is 5.12. The summed E-state index contributed by atoms with van der Waals surface area (Å²) in [5.74, 6) is -0.167. The van der Waals surface area contributed by atoms with Gasteiger partial charge in [-0.2, -0.15) is 0 Å². The number of rotatable bonds is 3. The van der Waals surface area contributed by atoms with Crippen LogP contribution in [0.3, 0.4) is 0 Å². The average Bonchev–Trinajstić information content (AvgIpc) is 2.38. The van der Waals surface area contributed by atoms with Gasteiger partial charge in [-0.1, -0.05) is 12.1 Å². The Morgan fingerprint density at radius 1 is 1.18 bits per heavy atom. The van der Waals surface area contributed by atoms with Gasteiger partial charge in [-0.05, 0) is 29.8 Å². The van der Waals surface area contributed by atoms with Crippen molar-refractivity contribution in [3.05, 3.63) is 59.9 Å². The van der Waals surface area contributed by atoms with Crippen molar-refractivity contribution in [1.29, 1.82) is 0 Å². The van der Waals surface area contributed by atoms with Crippen LogP contribution >= 0.6 is 0 Å². The Labute approximate surface area is 99.5 Å². The molecule has 0 unspecified atom stereocenters.